The molecule has 2 N–H and O–H groups in total. The number of hydrogen-bond acceptors (Lipinski definition) is 8. The number of pyridine rings is 4. The number of aliphatic hydroxyl groups excluding tert-OH is 2. The molecule has 0 spiro atoms. The fourth-order valence-electron chi connectivity index (χ4n) is 13.5. The Balaban J connectivity index is 0.000000162. The largest absolute Gasteiger partial charge is 0.512 e. The predicted molar refractivity (Wildman–Crippen MR) is 385 cm³/mol. The third-order valence-electron chi connectivity index (χ3n) is 17.7. The van der Waals surface area contributed by atoms with E-state index >= 15 is 0 Å². The summed E-state index contributed by atoms with van der Waals surface area (Å²) in [6.45, 7) is 3.04. The van der Waals surface area contributed by atoms with Gasteiger partial charge in [-0.25, -0.2) is 0 Å². The van der Waals surface area contributed by atoms with E-state index in [1.54, 1.807) is 0 Å². The molecule has 0 unspecified atom stereocenters. The molecule has 16 aromatic rings. The van der Waals surface area contributed by atoms with Crippen molar-refractivity contribution in [3.8, 4) is 45.0 Å². The SMILES string of the molecule is C/C(O)=C/C(=O)C(c1nc(-c2cccc3ccccc23)cc2ccccc12)c1nc(-c2cccc3ccccc23)cc2ccccc12.C/C(O)=C/C(=O)C(c1nc(-c2cccc3ccccc23)cc2ccccc12)c1nc(-c2cccc3ccccc23)cc2ccccc12.[Ir]. The van der Waals surface area contributed by atoms with E-state index in [1.807, 2.05) is 146 Å². The van der Waals surface area contributed by atoms with Gasteiger partial charge in [0, 0.05) is 76.1 Å². The Labute approximate surface area is 562 Å². The number of allylic oxidation sites excluding steroid dienone is 4. The van der Waals surface area contributed by atoms with Crippen LogP contribution in [0.5, 0.6) is 0 Å². The average molecular weight is 1410 g/mol. The number of nitrogens with zero attached hydrogens (tertiary/aromatic N) is 4. The van der Waals surface area contributed by atoms with Crippen molar-refractivity contribution in [1.82, 2.24) is 19.9 Å². The van der Waals surface area contributed by atoms with Crippen molar-refractivity contribution in [2.75, 3.05) is 0 Å². The zero-order valence-electron chi connectivity index (χ0n) is 51.9. The summed E-state index contributed by atoms with van der Waals surface area (Å²) >= 11 is 0. The summed E-state index contributed by atoms with van der Waals surface area (Å²) in [6, 6.07) is 98.4. The average Bonchev–Trinajstić information content (AvgIpc) is 0.756. The third-order valence-corrected chi connectivity index (χ3v) is 17.7. The zero-order chi connectivity index (χ0) is 63.8. The molecule has 95 heavy (non-hydrogen) atoms. The smallest absolute Gasteiger partial charge is 0.174 e. The van der Waals surface area contributed by atoms with Crippen molar-refractivity contribution in [3.05, 3.63) is 338 Å². The summed E-state index contributed by atoms with van der Waals surface area (Å²) in [7, 11) is 0. The molecule has 0 saturated carbocycles. The minimum absolute atomic E-state index is 0. The Morgan fingerprint density at radius 2 is 0.463 bits per heavy atom. The molecule has 0 bridgehead atoms. The van der Waals surface area contributed by atoms with Gasteiger partial charge in [0.2, 0.25) is 0 Å². The molecular weight excluding hydrogens is 1350 g/mol. The van der Waals surface area contributed by atoms with E-state index in [9.17, 15) is 19.8 Å². The quantitative estimate of drug-likeness (QED) is 0.0915. The van der Waals surface area contributed by atoms with Gasteiger partial charge in [-0.15, -0.1) is 0 Å². The summed E-state index contributed by atoms with van der Waals surface area (Å²) in [5.41, 5.74) is 9.41. The molecule has 4 aromatic heterocycles. The molecule has 16 rings (SSSR count). The molecule has 0 atom stereocenters. The van der Waals surface area contributed by atoms with E-state index in [4.69, 9.17) is 19.9 Å². The first-order chi connectivity index (χ1) is 46.1. The number of benzene rings is 12. The second kappa shape index (κ2) is 26.2. The summed E-state index contributed by atoms with van der Waals surface area (Å²) in [6.07, 6.45) is 2.60. The van der Waals surface area contributed by atoms with Crippen molar-refractivity contribution in [3.63, 3.8) is 0 Å². The van der Waals surface area contributed by atoms with E-state index in [1.165, 1.54) is 26.0 Å². The van der Waals surface area contributed by atoms with Crippen LogP contribution in [-0.2, 0) is 29.7 Å². The van der Waals surface area contributed by atoms with Gasteiger partial charge < -0.3 is 10.2 Å². The van der Waals surface area contributed by atoms with Gasteiger partial charge in [0.25, 0.3) is 0 Å². The van der Waals surface area contributed by atoms with Gasteiger partial charge >= 0.3 is 0 Å². The van der Waals surface area contributed by atoms with Crippen molar-refractivity contribution < 1.29 is 39.9 Å². The van der Waals surface area contributed by atoms with Crippen LogP contribution in [0.1, 0.15) is 48.5 Å². The number of carbonyl (C=O) groups excluding carboxylic acids is 2. The maximum absolute atomic E-state index is 14.4. The van der Waals surface area contributed by atoms with Crippen LogP contribution in [-0.4, -0.2) is 41.7 Å². The summed E-state index contributed by atoms with van der Waals surface area (Å²) in [5.74, 6) is -2.49. The Hall–Kier alpha value is -11.6. The second-order valence-electron chi connectivity index (χ2n) is 23.8. The first-order valence-electron chi connectivity index (χ1n) is 31.4. The van der Waals surface area contributed by atoms with Crippen LogP contribution >= 0.6 is 0 Å². The minimum atomic E-state index is -0.892. The molecule has 0 fully saturated rings. The maximum atomic E-state index is 14.4. The number of rotatable bonds is 12. The number of aliphatic hydroxyl groups is 2. The molecule has 0 saturated heterocycles. The van der Waals surface area contributed by atoms with Gasteiger partial charge in [-0.3, -0.25) is 29.5 Å². The molecular formula is C86H60IrN4O4. The number of fused-ring (bicyclic) bond motifs is 8. The van der Waals surface area contributed by atoms with E-state index in [0.717, 1.165) is 131 Å². The van der Waals surface area contributed by atoms with Gasteiger partial charge in [-0.2, -0.15) is 0 Å². The molecule has 12 aromatic carbocycles. The van der Waals surface area contributed by atoms with Gasteiger partial charge in [0.15, 0.2) is 11.6 Å². The molecule has 1 radical (unpaired) electrons. The number of ketones is 2. The van der Waals surface area contributed by atoms with Gasteiger partial charge in [-0.05, 0) is 103 Å². The normalized spacial score (nSPS) is 11.9. The minimum Gasteiger partial charge on any atom is -0.512 e. The zero-order valence-corrected chi connectivity index (χ0v) is 54.3. The standard InChI is InChI=1S/2C43H30N2O2.Ir/c2*1-27(46)24-40(47)41(42-34-20-8-4-14-30(34)25-38(44-42)36-22-10-16-28-12-2-6-18-32(28)36)43-35-21-9-5-15-31(35)26-39(45-43)37-23-11-17-29-13-3-7-19-33(29)37;/h2*2-26,41,46H,1H3;/b2*27-24-;. The van der Waals surface area contributed by atoms with Gasteiger partial charge in [0.05, 0.1) is 57.1 Å². The molecule has 4 heterocycles. The molecule has 0 aliphatic carbocycles. The van der Waals surface area contributed by atoms with Crippen molar-refractivity contribution in [1.29, 1.82) is 0 Å². The van der Waals surface area contributed by atoms with Crippen molar-refractivity contribution in [2.24, 2.45) is 0 Å². The van der Waals surface area contributed by atoms with Gasteiger partial charge in [-0.1, -0.05) is 267 Å². The monoisotopic (exact) mass is 1410 g/mol. The first kappa shape index (κ1) is 60.9. The van der Waals surface area contributed by atoms with E-state index < -0.39 is 11.8 Å². The van der Waals surface area contributed by atoms with Crippen molar-refractivity contribution in [2.45, 2.75) is 25.7 Å². The van der Waals surface area contributed by atoms with E-state index in [-0.39, 0.29) is 43.2 Å². The van der Waals surface area contributed by atoms with Gasteiger partial charge in [0.1, 0.15) is 11.8 Å². The fraction of sp³-hybridized carbons (Fsp3) is 0.0465. The Kier molecular flexibility index (Phi) is 16.8. The van der Waals surface area contributed by atoms with Crippen LogP contribution in [0.25, 0.3) is 131 Å². The van der Waals surface area contributed by atoms with E-state index in [2.05, 4.69) is 146 Å². The number of carbonyl (C=O) groups is 2. The topological polar surface area (TPSA) is 126 Å². The van der Waals surface area contributed by atoms with Crippen LogP contribution in [0.4, 0.5) is 0 Å². The van der Waals surface area contributed by atoms with Crippen LogP contribution in [0.3, 0.4) is 0 Å². The predicted octanol–water partition coefficient (Wildman–Crippen LogP) is 21.2. The first-order valence-corrected chi connectivity index (χ1v) is 31.4. The molecule has 0 aliphatic rings. The molecule has 9 heteroatoms. The molecule has 8 nitrogen and oxygen atoms in total. The van der Waals surface area contributed by atoms with E-state index in [0.29, 0.717) is 22.8 Å². The third kappa shape index (κ3) is 11.8. The van der Waals surface area contributed by atoms with Crippen LogP contribution < -0.4 is 0 Å². The fourth-order valence-corrected chi connectivity index (χ4v) is 13.5. The molecule has 0 aliphatic heterocycles. The number of aromatic nitrogens is 4. The summed E-state index contributed by atoms with van der Waals surface area (Å²) < 4.78 is 0. The van der Waals surface area contributed by atoms with Crippen LogP contribution in [0.15, 0.2) is 315 Å². The Morgan fingerprint density at radius 3 is 0.684 bits per heavy atom. The summed E-state index contributed by atoms with van der Waals surface area (Å²) in [4.78, 5) is 50.1. The molecule has 0 amide bonds. The Bertz CT molecular complexity index is 5070. The summed E-state index contributed by atoms with van der Waals surface area (Å²) in [5, 5.41) is 36.9. The Morgan fingerprint density at radius 1 is 0.274 bits per heavy atom. The number of hydrogen-bond donors (Lipinski definition) is 2. The van der Waals surface area contributed by atoms with Crippen molar-refractivity contribution >= 4 is 97.7 Å². The second-order valence-corrected chi connectivity index (χ2v) is 23.8. The maximum Gasteiger partial charge on any atom is 0.174 e. The van der Waals surface area contributed by atoms with Crippen LogP contribution in [0.2, 0.25) is 0 Å². The van der Waals surface area contributed by atoms with Crippen LogP contribution in [0, 0.1) is 0 Å². The molecule has 457 valence electrons.